The van der Waals surface area contributed by atoms with E-state index in [-0.39, 0.29) is 0 Å². The molecule has 200 valence electrons. The van der Waals surface area contributed by atoms with Gasteiger partial charge in [-0.15, -0.1) is 0 Å². The Morgan fingerprint density at radius 1 is 0.886 bits per heavy atom. The van der Waals surface area contributed by atoms with E-state index in [0.29, 0.717) is 22.9 Å². The van der Waals surface area contributed by atoms with Crippen LogP contribution in [0.2, 0.25) is 0 Å². The summed E-state index contributed by atoms with van der Waals surface area (Å²) < 4.78 is 136. The number of halogens is 4. The average molecular weight is 594 g/mol. The van der Waals surface area contributed by atoms with Crippen LogP contribution in [-0.4, -0.2) is 61.0 Å². The molecular weight excluding hydrogens is 578 g/mol. The Morgan fingerprint density at radius 2 is 1.37 bits per heavy atom. The van der Waals surface area contributed by atoms with Crippen molar-refractivity contribution in [3.8, 4) is 5.75 Å². The first-order valence-electron chi connectivity index (χ1n) is 8.31. The zero-order valence-corrected chi connectivity index (χ0v) is 20.6. The van der Waals surface area contributed by atoms with Gasteiger partial charge >= 0.3 is 45.4 Å². The van der Waals surface area contributed by atoms with Gasteiger partial charge in [0.15, 0.2) is 12.0 Å². The third kappa shape index (κ3) is 7.64. The minimum atomic E-state index is -6.58. The van der Waals surface area contributed by atoms with Crippen molar-refractivity contribution in [1.82, 2.24) is 4.72 Å². The molecule has 0 saturated carbocycles. The Bertz CT molecular complexity index is 1340. The number of amides is 1. The maximum Gasteiger partial charge on any atom is 0.489 e. The highest BCUT2D eigenvalue weighted by Crippen LogP contribution is 2.36. The second kappa shape index (κ2) is 9.69. The van der Waals surface area contributed by atoms with Crippen molar-refractivity contribution in [1.29, 1.82) is 0 Å². The molecule has 35 heavy (non-hydrogen) atoms. The molecule has 0 spiro atoms. The number of ether oxygens (including phenoxy) is 1. The van der Waals surface area contributed by atoms with E-state index in [2.05, 4.69) is 4.18 Å². The van der Waals surface area contributed by atoms with Crippen molar-refractivity contribution < 1.29 is 70.4 Å². The molecule has 0 atom stereocenters. The molecule has 0 aromatic heterocycles. The van der Waals surface area contributed by atoms with Crippen LogP contribution in [0.4, 0.5) is 17.6 Å². The third-order valence-corrected chi connectivity index (χ3v) is 8.06. The molecule has 0 fully saturated rings. The van der Waals surface area contributed by atoms with E-state index in [4.69, 9.17) is 13.8 Å². The lowest BCUT2D eigenvalue weighted by molar-refractivity contribution is 0.00691. The van der Waals surface area contributed by atoms with Crippen LogP contribution in [0.1, 0.15) is 41.5 Å². The number of hydrogen-bond acceptors (Lipinski definition) is 11. The fourth-order valence-electron chi connectivity index (χ4n) is 1.75. The van der Waals surface area contributed by atoms with Crippen LogP contribution in [0.3, 0.4) is 0 Å². The summed E-state index contributed by atoms with van der Waals surface area (Å²) in [5.41, 5.74) is -2.99. The van der Waals surface area contributed by atoms with E-state index in [9.17, 15) is 52.4 Å². The number of carbonyl (C=O) groups is 2. The second-order valence-corrected chi connectivity index (χ2v) is 13.2. The molecule has 3 N–H and O–H groups in total. The van der Waals surface area contributed by atoms with E-state index in [1.807, 2.05) is 0 Å². The van der Waals surface area contributed by atoms with Crippen molar-refractivity contribution in [3.05, 3.63) is 29.3 Å². The number of carbonyl (C=O) groups excluding carboxylic acids is 2. The Labute approximate surface area is 199 Å². The molecule has 1 rings (SSSR count). The largest absolute Gasteiger partial charge is 0.489 e. The molecule has 13 nitrogen and oxygen atoms in total. The quantitative estimate of drug-likeness (QED) is 0.161. The van der Waals surface area contributed by atoms with Gasteiger partial charge in [0, 0.05) is 5.56 Å². The van der Waals surface area contributed by atoms with Gasteiger partial charge in [0.2, 0.25) is 0 Å². The molecule has 0 heterocycles. The lowest BCUT2D eigenvalue weighted by atomic mass is 10.1. The highest BCUT2D eigenvalue weighted by molar-refractivity contribution is 8.09. The zero-order chi connectivity index (χ0) is 27.8. The first kappa shape index (κ1) is 30.8. The Kier molecular flexibility index (Phi) is 8.53. The summed E-state index contributed by atoms with van der Waals surface area (Å²) in [6.07, 6.45) is 0. The lowest BCUT2D eigenvalue weighted by Crippen LogP contribution is -2.47. The first-order chi connectivity index (χ1) is 15.3. The van der Waals surface area contributed by atoms with Gasteiger partial charge in [-0.3, -0.25) is 13.9 Å². The van der Waals surface area contributed by atoms with E-state index in [0.717, 1.165) is 0 Å². The first-order valence-corrected chi connectivity index (χ1v) is 13.4. The summed E-state index contributed by atoms with van der Waals surface area (Å²) in [7, 11) is -19.1. The van der Waals surface area contributed by atoms with Crippen LogP contribution in [0.25, 0.3) is 0 Å². The third-order valence-electron chi connectivity index (χ3n) is 3.18. The van der Waals surface area contributed by atoms with Crippen LogP contribution in [0.15, 0.2) is 18.2 Å². The number of rotatable bonds is 9. The van der Waals surface area contributed by atoms with Gasteiger partial charge in [-0.1, -0.05) is 0 Å². The molecule has 0 aliphatic heterocycles. The summed E-state index contributed by atoms with van der Waals surface area (Å²) in [6.45, 7) is 4.14. The summed E-state index contributed by atoms with van der Waals surface area (Å²) in [4.78, 5) is 24.5. The zero-order valence-electron chi connectivity index (χ0n) is 17.4. The van der Waals surface area contributed by atoms with Gasteiger partial charge < -0.3 is 8.92 Å². The fourth-order valence-corrected chi connectivity index (χ4v) is 4.20. The molecular formula is C14H15F4NO12S4. The number of benzene rings is 1. The van der Waals surface area contributed by atoms with Crippen LogP contribution >= 0.6 is 12.0 Å². The van der Waals surface area contributed by atoms with Crippen molar-refractivity contribution in [3.63, 3.8) is 0 Å². The van der Waals surface area contributed by atoms with E-state index >= 15 is 0 Å². The predicted molar refractivity (Wildman–Crippen MR) is 109 cm³/mol. The predicted octanol–water partition coefficient (Wildman–Crippen LogP) is 1.60. The van der Waals surface area contributed by atoms with Crippen molar-refractivity contribution in [2.75, 3.05) is 0 Å². The molecule has 0 aliphatic rings. The lowest BCUT2D eigenvalue weighted by Gasteiger charge is -2.20. The average Bonchev–Trinajstić information content (AvgIpc) is 2.62. The number of hydrogen-bond donors (Lipinski definition) is 3. The van der Waals surface area contributed by atoms with Gasteiger partial charge in [0.05, 0.1) is 5.56 Å². The number of sulfonamides is 1. The molecule has 21 heteroatoms. The van der Waals surface area contributed by atoms with Crippen molar-refractivity contribution in [2.45, 2.75) is 35.5 Å². The topological polar surface area (TPSA) is 208 Å². The van der Waals surface area contributed by atoms with Gasteiger partial charge in [0.25, 0.3) is 5.91 Å². The molecule has 0 saturated heterocycles. The summed E-state index contributed by atoms with van der Waals surface area (Å²) in [5.74, 6) is -4.31. The minimum Gasteiger partial charge on any atom is -0.456 e. The summed E-state index contributed by atoms with van der Waals surface area (Å²) >= 11 is -1.19. The normalized spacial score (nSPS) is 13.7. The van der Waals surface area contributed by atoms with Gasteiger partial charge in [-0.25, -0.2) is 9.52 Å². The molecule has 1 amide bonds. The Morgan fingerprint density at radius 3 is 1.80 bits per heavy atom. The van der Waals surface area contributed by atoms with Crippen LogP contribution < -0.4 is 8.91 Å². The fraction of sp³-hybridized carbons (Fsp3) is 0.429. The van der Waals surface area contributed by atoms with Gasteiger partial charge in [0.1, 0.15) is 11.4 Å². The molecule has 0 radical (unpaired) electrons. The molecule has 0 aliphatic carbocycles. The molecule has 0 bridgehead atoms. The monoisotopic (exact) mass is 593 g/mol. The maximum absolute atomic E-state index is 13.5. The Balaban J connectivity index is 3.50. The molecule has 0 unspecified atom stereocenters. The standard InChI is InChI=1S/C14H15F4NO12S4/c1-12(2,3)30-11(21)8-4-7(5-9(6-8)31-32-13(15,16)34(24,25)26)10(20)19-33(22,23)14(17,18)35(27,28)29/h4-6H,1-3H3,(H,19,20)(H,24,25,26)(H,27,28,29). The van der Waals surface area contributed by atoms with Crippen LogP contribution in [0.5, 0.6) is 5.75 Å². The van der Waals surface area contributed by atoms with E-state index in [1.165, 1.54) is 20.8 Å². The number of nitrogens with one attached hydrogen (secondary N) is 1. The maximum atomic E-state index is 13.5. The van der Waals surface area contributed by atoms with Gasteiger partial charge in [-0.2, -0.15) is 42.8 Å². The smallest absolute Gasteiger partial charge is 0.456 e. The SMILES string of the molecule is CC(C)(C)OC(=O)c1cc(OSC(F)(F)S(=O)(=O)O)cc(C(=O)NS(=O)(=O)C(F)(F)S(=O)(=O)O)c1. The summed E-state index contributed by atoms with van der Waals surface area (Å²) in [6, 6.07) is 1.46. The van der Waals surface area contributed by atoms with Crippen molar-refractivity contribution >= 4 is 54.2 Å². The van der Waals surface area contributed by atoms with Gasteiger partial charge in [-0.05, 0) is 39.0 Å². The molecule has 1 aromatic rings. The Hall–Kier alpha value is -2.20. The summed E-state index contributed by atoms with van der Waals surface area (Å²) in [5, 5.41) is 0. The second-order valence-electron chi connectivity index (χ2n) is 7.23. The van der Waals surface area contributed by atoms with E-state index in [1.54, 1.807) is 0 Å². The van der Waals surface area contributed by atoms with Crippen LogP contribution in [-0.2, 0) is 35.0 Å². The minimum absolute atomic E-state index is 0.359. The van der Waals surface area contributed by atoms with E-state index < -0.39 is 85.8 Å². The van der Waals surface area contributed by atoms with Crippen LogP contribution in [0, 0.1) is 0 Å². The number of esters is 1. The highest BCUT2D eigenvalue weighted by Gasteiger charge is 2.58. The molecule has 1 aromatic carbocycles. The van der Waals surface area contributed by atoms with Crippen molar-refractivity contribution in [2.24, 2.45) is 0 Å². The number of alkyl halides is 4. The highest BCUT2D eigenvalue weighted by atomic mass is 32.3.